The predicted molar refractivity (Wildman–Crippen MR) is 90.9 cm³/mol. The van der Waals surface area contributed by atoms with Gasteiger partial charge in [0.05, 0.1) is 5.69 Å². The Bertz CT molecular complexity index is 560. The van der Waals surface area contributed by atoms with Gasteiger partial charge in [0.25, 0.3) is 0 Å². The molecule has 1 aromatic heterocycles. The van der Waals surface area contributed by atoms with Gasteiger partial charge in [0.1, 0.15) is 0 Å². The molecule has 2 rings (SSSR count). The Labute approximate surface area is 132 Å². The second kappa shape index (κ2) is 7.66. The van der Waals surface area contributed by atoms with Gasteiger partial charge in [0.2, 0.25) is 0 Å². The molecule has 1 aromatic carbocycles. The molecule has 1 N–H and O–H groups in total. The van der Waals surface area contributed by atoms with Gasteiger partial charge in [-0.3, -0.25) is 4.68 Å². The van der Waals surface area contributed by atoms with Crippen molar-refractivity contribution in [2.75, 3.05) is 12.3 Å². The molecule has 4 heteroatoms. The van der Waals surface area contributed by atoms with Crippen molar-refractivity contribution >= 4 is 11.8 Å². The maximum Gasteiger partial charge on any atom is 0.0596 e. The number of rotatable bonds is 7. The van der Waals surface area contributed by atoms with Gasteiger partial charge in [0, 0.05) is 30.1 Å². The topological polar surface area (TPSA) is 29.9 Å². The molecule has 0 bridgehead atoms. The summed E-state index contributed by atoms with van der Waals surface area (Å²) in [6.07, 6.45) is 0.964. The summed E-state index contributed by atoms with van der Waals surface area (Å²) in [6.45, 7) is 7.35. The number of aryl methyl sites for hydroxylation is 2. The van der Waals surface area contributed by atoms with Crippen molar-refractivity contribution < 1.29 is 0 Å². The highest BCUT2D eigenvalue weighted by Gasteiger charge is 2.14. The number of nitrogens with one attached hydrogen (secondary N) is 1. The Kier molecular flexibility index (Phi) is 5.88. The van der Waals surface area contributed by atoms with Crippen molar-refractivity contribution in [3.63, 3.8) is 0 Å². The van der Waals surface area contributed by atoms with Crippen LogP contribution in [0.5, 0.6) is 0 Å². The number of thioether (sulfide) groups is 1. The average molecular weight is 303 g/mol. The van der Waals surface area contributed by atoms with Crippen molar-refractivity contribution in [1.82, 2.24) is 15.1 Å². The molecule has 0 fully saturated rings. The third-order valence-electron chi connectivity index (χ3n) is 3.56. The van der Waals surface area contributed by atoms with Crippen LogP contribution in [0.3, 0.4) is 0 Å². The van der Waals surface area contributed by atoms with Gasteiger partial charge in [-0.05, 0) is 43.0 Å². The molecule has 21 heavy (non-hydrogen) atoms. The zero-order chi connectivity index (χ0) is 15.2. The fraction of sp³-hybridized carbons (Fsp3) is 0.471. The Balaban J connectivity index is 2.16. The number of hydrogen-bond donors (Lipinski definition) is 1. The summed E-state index contributed by atoms with van der Waals surface area (Å²) in [5.41, 5.74) is 3.69. The van der Waals surface area contributed by atoms with E-state index in [0.717, 1.165) is 24.4 Å². The quantitative estimate of drug-likeness (QED) is 0.790. The Hall–Kier alpha value is -1.26. The highest BCUT2D eigenvalue weighted by Crippen LogP contribution is 2.23. The number of likely N-dealkylation sites (N-methyl/N-ethyl adjacent to an activating group) is 1. The normalized spacial score (nSPS) is 12.6. The van der Waals surface area contributed by atoms with Crippen molar-refractivity contribution in [1.29, 1.82) is 0 Å². The minimum atomic E-state index is 0.338. The van der Waals surface area contributed by atoms with Gasteiger partial charge in [-0.25, -0.2) is 0 Å². The molecule has 0 amide bonds. The second-order valence-electron chi connectivity index (χ2n) is 5.22. The third kappa shape index (κ3) is 4.35. The van der Waals surface area contributed by atoms with E-state index in [2.05, 4.69) is 54.6 Å². The van der Waals surface area contributed by atoms with Crippen LogP contribution in [0.15, 0.2) is 35.2 Å². The molecule has 0 aliphatic rings. The van der Waals surface area contributed by atoms with Crippen LogP contribution in [0.4, 0.5) is 0 Å². The molecule has 0 aliphatic heterocycles. The number of benzene rings is 1. The number of aromatic nitrogens is 2. The summed E-state index contributed by atoms with van der Waals surface area (Å²) >= 11 is 1.88. The summed E-state index contributed by atoms with van der Waals surface area (Å²) < 4.78 is 1.99. The SMILES string of the molecule is CCNC(Cc1cc(C)nn1C)c1ccc(SCC)cc1. The van der Waals surface area contributed by atoms with Crippen molar-refractivity contribution in [2.45, 2.75) is 38.1 Å². The Morgan fingerprint density at radius 2 is 1.95 bits per heavy atom. The molecular formula is C17H25N3S. The first-order chi connectivity index (χ1) is 10.1. The van der Waals surface area contributed by atoms with Crippen molar-refractivity contribution in [3.8, 4) is 0 Å². The molecule has 2 aromatic rings. The maximum atomic E-state index is 4.44. The first kappa shape index (κ1) is 16.1. The zero-order valence-corrected chi connectivity index (χ0v) is 14.2. The number of nitrogens with zero attached hydrogens (tertiary/aromatic N) is 2. The van der Waals surface area contributed by atoms with E-state index in [1.165, 1.54) is 16.2 Å². The summed E-state index contributed by atoms with van der Waals surface area (Å²) in [4.78, 5) is 1.34. The predicted octanol–water partition coefficient (Wildman–Crippen LogP) is 3.73. The second-order valence-corrected chi connectivity index (χ2v) is 6.55. The highest BCUT2D eigenvalue weighted by atomic mass is 32.2. The molecule has 114 valence electrons. The van der Waals surface area contributed by atoms with Crippen LogP contribution in [0, 0.1) is 6.92 Å². The third-order valence-corrected chi connectivity index (χ3v) is 4.45. The van der Waals surface area contributed by atoms with E-state index in [-0.39, 0.29) is 0 Å². The van der Waals surface area contributed by atoms with Crippen LogP contribution in [0.25, 0.3) is 0 Å². The summed E-state index contributed by atoms with van der Waals surface area (Å²) in [7, 11) is 2.02. The average Bonchev–Trinajstić information content (AvgIpc) is 2.78. The maximum absolute atomic E-state index is 4.44. The van der Waals surface area contributed by atoms with E-state index < -0.39 is 0 Å². The van der Waals surface area contributed by atoms with Gasteiger partial charge in [-0.1, -0.05) is 26.0 Å². The zero-order valence-electron chi connectivity index (χ0n) is 13.4. The molecule has 1 unspecified atom stereocenters. The monoisotopic (exact) mass is 303 g/mol. The van der Waals surface area contributed by atoms with Crippen molar-refractivity contribution in [3.05, 3.63) is 47.3 Å². The Morgan fingerprint density at radius 3 is 2.48 bits per heavy atom. The Morgan fingerprint density at radius 1 is 1.24 bits per heavy atom. The molecule has 0 spiro atoms. The molecule has 0 aliphatic carbocycles. The molecule has 1 atom stereocenters. The molecule has 1 heterocycles. The summed E-state index contributed by atoms with van der Waals surface area (Å²) in [6, 6.07) is 11.4. The van der Waals surface area contributed by atoms with Crippen LogP contribution in [-0.2, 0) is 13.5 Å². The van der Waals surface area contributed by atoms with Crippen LogP contribution >= 0.6 is 11.8 Å². The first-order valence-corrected chi connectivity index (χ1v) is 8.58. The molecule has 0 radical (unpaired) electrons. The van der Waals surface area contributed by atoms with Crippen LogP contribution in [0.2, 0.25) is 0 Å². The van der Waals surface area contributed by atoms with E-state index in [9.17, 15) is 0 Å². The van der Waals surface area contributed by atoms with E-state index in [1.807, 2.05) is 30.4 Å². The minimum Gasteiger partial charge on any atom is -0.310 e. The van der Waals surface area contributed by atoms with E-state index in [1.54, 1.807) is 0 Å². The highest BCUT2D eigenvalue weighted by molar-refractivity contribution is 7.99. The first-order valence-electron chi connectivity index (χ1n) is 7.59. The standard InChI is InChI=1S/C17H25N3S/c1-5-18-17(12-15-11-13(3)19-20(15)4)14-7-9-16(10-8-14)21-6-2/h7-11,17-18H,5-6,12H2,1-4H3. The van der Waals surface area contributed by atoms with E-state index in [4.69, 9.17) is 0 Å². The van der Waals surface area contributed by atoms with Gasteiger partial charge < -0.3 is 5.32 Å². The lowest BCUT2D eigenvalue weighted by atomic mass is 10.0. The molecule has 3 nitrogen and oxygen atoms in total. The minimum absolute atomic E-state index is 0.338. The number of hydrogen-bond acceptors (Lipinski definition) is 3. The van der Waals surface area contributed by atoms with Gasteiger partial charge >= 0.3 is 0 Å². The molecule has 0 saturated carbocycles. The fourth-order valence-electron chi connectivity index (χ4n) is 2.58. The van der Waals surface area contributed by atoms with Crippen LogP contribution in [-0.4, -0.2) is 22.1 Å². The summed E-state index contributed by atoms with van der Waals surface area (Å²) in [5, 5.41) is 8.03. The van der Waals surface area contributed by atoms with Crippen LogP contribution in [0.1, 0.15) is 36.8 Å². The van der Waals surface area contributed by atoms with Gasteiger partial charge in [-0.2, -0.15) is 5.10 Å². The largest absolute Gasteiger partial charge is 0.310 e. The fourth-order valence-corrected chi connectivity index (χ4v) is 3.24. The lowest BCUT2D eigenvalue weighted by Gasteiger charge is -2.19. The van der Waals surface area contributed by atoms with E-state index in [0.29, 0.717) is 6.04 Å². The van der Waals surface area contributed by atoms with Gasteiger partial charge in [-0.15, -0.1) is 11.8 Å². The molecule has 0 saturated heterocycles. The van der Waals surface area contributed by atoms with Crippen molar-refractivity contribution in [2.24, 2.45) is 7.05 Å². The van der Waals surface area contributed by atoms with Gasteiger partial charge in [0.15, 0.2) is 0 Å². The van der Waals surface area contributed by atoms with Crippen LogP contribution < -0.4 is 5.32 Å². The lowest BCUT2D eigenvalue weighted by Crippen LogP contribution is -2.23. The summed E-state index contributed by atoms with van der Waals surface area (Å²) in [5.74, 6) is 1.12. The van der Waals surface area contributed by atoms with E-state index >= 15 is 0 Å². The smallest absolute Gasteiger partial charge is 0.0596 e. The lowest BCUT2D eigenvalue weighted by molar-refractivity contribution is 0.528. The molecular weight excluding hydrogens is 278 g/mol.